The van der Waals surface area contributed by atoms with Crippen molar-refractivity contribution in [2.75, 3.05) is 27.3 Å². The Kier molecular flexibility index (Phi) is 13.3. The van der Waals surface area contributed by atoms with Crippen LogP contribution in [0.25, 0.3) is 44.8 Å². The van der Waals surface area contributed by atoms with Crippen molar-refractivity contribution in [2.45, 2.75) is 57.3 Å². The number of nitrogens with zero attached hydrogens (tertiary/aromatic N) is 4. The number of carbonyl (C=O) groups is 4. The molecule has 3 aromatic heterocycles. The van der Waals surface area contributed by atoms with Crippen LogP contribution in [0.3, 0.4) is 0 Å². The second-order valence-corrected chi connectivity index (χ2v) is 15.7. The van der Waals surface area contributed by atoms with E-state index in [1.165, 1.54) is 20.3 Å². The van der Waals surface area contributed by atoms with E-state index < -0.39 is 30.1 Å². The van der Waals surface area contributed by atoms with Gasteiger partial charge in [-0.25, -0.2) is 23.9 Å². The monoisotopic (exact) mass is 880 g/mol. The number of aromatic nitrogens is 4. The maximum absolute atomic E-state index is 15.9. The molecule has 0 aliphatic carbocycles. The number of likely N-dealkylation sites (tertiary alicyclic amines) is 1. The molecule has 4 heterocycles. The van der Waals surface area contributed by atoms with Crippen LogP contribution in [0.5, 0.6) is 0 Å². The lowest BCUT2D eigenvalue weighted by Crippen LogP contribution is -2.43. The van der Waals surface area contributed by atoms with Gasteiger partial charge in [-0.1, -0.05) is 80.1 Å². The molecule has 0 bridgehead atoms. The summed E-state index contributed by atoms with van der Waals surface area (Å²) < 4.78 is 31.7. The summed E-state index contributed by atoms with van der Waals surface area (Å²) in [7, 11) is 2.51. The molecule has 8 rings (SSSR count). The molecule has 1 aliphatic heterocycles. The number of hydrogen-bond acceptors (Lipinski definition) is 9. The summed E-state index contributed by atoms with van der Waals surface area (Å²) in [6, 6.07) is 28.1. The molecule has 1 saturated heterocycles. The molecule has 1 aliphatic rings. The molecule has 0 radical (unpaired) electrons. The van der Waals surface area contributed by atoms with Crippen molar-refractivity contribution in [3.8, 4) is 33.8 Å². The SMILES string of the molecule is CCCCN(Cc1ncc(-c2ccc(-c3cc4cc(-c5cnc(C6CCCN6C(=O)C(NC(=O)OC)c6ccccc6)[nH]5)ccc4o3)c(F)c2)[nH]1)C(=O)[C@H](NC(=O)OC)c1ccccc1. The van der Waals surface area contributed by atoms with Crippen molar-refractivity contribution in [1.82, 2.24) is 40.4 Å². The zero-order valence-corrected chi connectivity index (χ0v) is 36.2. The number of halogens is 1. The summed E-state index contributed by atoms with van der Waals surface area (Å²) in [5, 5.41) is 6.12. The van der Waals surface area contributed by atoms with Crippen LogP contribution in [0.2, 0.25) is 0 Å². The average Bonchev–Trinajstić information content (AvgIpc) is 4.18. The summed E-state index contributed by atoms with van der Waals surface area (Å²) in [4.78, 5) is 71.7. The molecule has 0 spiro atoms. The van der Waals surface area contributed by atoms with E-state index in [0.717, 1.165) is 35.9 Å². The Labute approximate surface area is 374 Å². The number of amides is 4. The average molecular weight is 881 g/mol. The van der Waals surface area contributed by atoms with Gasteiger partial charge < -0.3 is 44.3 Å². The van der Waals surface area contributed by atoms with Crippen LogP contribution in [0.4, 0.5) is 14.0 Å². The number of unbranched alkanes of at least 4 members (excludes halogenated alkanes) is 1. The van der Waals surface area contributed by atoms with Crippen molar-refractivity contribution in [1.29, 1.82) is 0 Å². The van der Waals surface area contributed by atoms with E-state index in [0.29, 0.717) is 64.9 Å². The Morgan fingerprint density at radius 1 is 0.831 bits per heavy atom. The van der Waals surface area contributed by atoms with Gasteiger partial charge in [0.05, 0.1) is 56.2 Å². The number of rotatable bonds is 15. The van der Waals surface area contributed by atoms with E-state index in [1.54, 1.807) is 76.8 Å². The number of hydrogen-bond donors (Lipinski definition) is 4. The van der Waals surface area contributed by atoms with Crippen LogP contribution in [0, 0.1) is 5.82 Å². The predicted octanol–water partition coefficient (Wildman–Crippen LogP) is 9.01. The standard InChI is InChI=1S/C49H49FN8O7/c1-4-5-22-57(46(59)43(55-48(61)63-2)30-13-8-6-9-14-30)29-42-51-27-37(53-42)33-18-20-35(36(50)25-33)41-26-34-24-32(19-21-40(34)65-41)38-28-52-45(54-38)39-17-12-23-58(39)47(60)44(56-49(62)64-3)31-15-10-7-11-16-31/h6-11,13-16,18-21,24-28,39,43-44H,4-5,12,17,22-23,29H2,1-3H3,(H,51,53)(H,52,54)(H,55,61)(H,56,62)/t39?,43-,44?/m1/s1. The minimum Gasteiger partial charge on any atom is -0.456 e. The predicted molar refractivity (Wildman–Crippen MR) is 240 cm³/mol. The molecule has 4 aromatic carbocycles. The summed E-state index contributed by atoms with van der Waals surface area (Å²) in [5.41, 5.74) is 4.78. The van der Waals surface area contributed by atoms with Gasteiger partial charge in [0.15, 0.2) is 0 Å². The van der Waals surface area contributed by atoms with Crippen molar-refractivity contribution in [2.24, 2.45) is 0 Å². The van der Waals surface area contributed by atoms with Crippen LogP contribution in [-0.2, 0) is 25.6 Å². The van der Waals surface area contributed by atoms with Gasteiger partial charge in [-0.2, -0.15) is 0 Å². The van der Waals surface area contributed by atoms with Crippen LogP contribution >= 0.6 is 0 Å². The molecule has 4 N–H and O–H groups in total. The fourth-order valence-electron chi connectivity index (χ4n) is 8.15. The third-order valence-electron chi connectivity index (χ3n) is 11.5. The van der Waals surface area contributed by atoms with Gasteiger partial charge in [0.2, 0.25) is 5.91 Å². The summed E-state index contributed by atoms with van der Waals surface area (Å²) in [6.45, 7) is 3.10. The lowest BCUT2D eigenvalue weighted by atomic mass is 10.1. The quantitative estimate of drug-likeness (QED) is 0.0779. The Morgan fingerprint density at radius 3 is 2.17 bits per heavy atom. The Hall–Kier alpha value is -7.75. The molecule has 7 aromatic rings. The molecule has 65 heavy (non-hydrogen) atoms. The highest BCUT2D eigenvalue weighted by Crippen LogP contribution is 2.36. The molecular weight excluding hydrogens is 832 g/mol. The third-order valence-corrected chi connectivity index (χ3v) is 11.5. The fraction of sp³-hybridized carbons (Fsp3) is 0.265. The lowest BCUT2D eigenvalue weighted by molar-refractivity contribution is -0.135. The second kappa shape index (κ2) is 19.7. The molecule has 334 valence electrons. The number of furan rings is 1. The minimum absolute atomic E-state index is 0.135. The highest BCUT2D eigenvalue weighted by Gasteiger charge is 2.37. The number of aromatic amines is 2. The molecule has 4 amide bonds. The Bertz CT molecular complexity index is 2790. The lowest BCUT2D eigenvalue weighted by Gasteiger charge is -2.28. The molecule has 16 heteroatoms. The number of benzene rings is 4. The number of carbonyl (C=O) groups excluding carboxylic acids is 4. The minimum atomic E-state index is -0.967. The van der Waals surface area contributed by atoms with Crippen LogP contribution < -0.4 is 10.6 Å². The normalized spacial score (nSPS) is 14.5. The number of alkyl carbamates (subject to hydrolysis) is 2. The smallest absolute Gasteiger partial charge is 0.407 e. The summed E-state index contributed by atoms with van der Waals surface area (Å²) in [5.74, 6) is 0.403. The first-order valence-corrected chi connectivity index (χ1v) is 21.4. The molecular formula is C49H49FN8O7. The Morgan fingerprint density at radius 2 is 1.48 bits per heavy atom. The van der Waals surface area contributed by atoms with E-state index in [1.807, 2.05) is 49.4 Å². The number of imidazole rings is 2. The largest absolute Gasteiger partial charge is 0.456 e. The molecule has 3 atom stereocenters. The van der Waals surface area contributed by atoms with Crippen LogP contribution in [0.1, 0.15) is 73.5 Å². The van der Waals surface area contributed by atoms with E-state index in [-0.39, 0.29) is 30.0 Å². The van der Waals surface area contributed by atoms with Crippen LogP contribution in [-0.4, -0.2) is 81.0 Å². The third kappa shape index (κ3) is 9.76. The van der Waals surface area contributed by atoms with E-state index in [4.69, 9.17) is 13.9 Å². The molecule has 2 unspecified atom stereocenters. The highest BCUT2D eigenvalue weighted by atomic mass is 19.1. The topological polar surface area (TPSA) is 188 Å². The number of H-pyrrole nitrogens is 2. The summed E-state index contributed by atoms with van der Waals surface area (Å²) in [6.07, 6.45) is 4.95. The number of nitrogens with one attached hydrogen (secondary N) is 4. The number of ether oxygens (including phenoxy) is 2. The second-order valence-electron chi connectivity index (χ2n) is 15.7. The number of methoxy groups -OCH3 is 2. The van der Waals surface area contributed by atoms with Gasteiger partial charge in [-0.15, -0.1) is 0 Å². The van der Waals surface area contributed by atoms with Gasteiger partial charge in [0.25, 0.3) is 5.91 Å². The first kappa shape index (κ1) is 43.9. The van der Waals surface area contributed by atoms with Gasteiger partial charge in [-0.05, 0) is 66.8 Å². The first-order valence-electron chi connectivity index (χ1n) is 21.4. The Balaban J connectivity index is 0.967. The molecule has 0 saturated carbocycles. The molecule has 15 nitrogen and oxygen atoms in total. The van der Waals surface area contributed by atoms with Crippen molar-refractivity contribution in [3.63, 3.8) is 0 Å². The summed E-state index contributed by atoms with van der Waals surface area (Å²) >= 11 is 0. The maximum Gasteiger partial charge on any atom is 0.407 e. The highest BCUT2D eigenvalue weighted by molar-refractivity contribution is 5.89. The zero-order chi connectivity index (χ0) is 45.5. The van der Waals surface area contributed by atoms with Gasteiger partial charge in [0.1, 0.15) is 40.9 Å². The van der Waals surface area contributed by atoms with Crippen molar-refractivity contribution >= 4 is 35.0 Å². The van der Waals surface area contributed by atoms with Gasteiger partial charge >= 0.3 is 12.2 Å². The van der Waals surface area contributed by atoms with Gasteiger partial charge in [0, 0.05) is 29.6 Å². The maximum atomic E-state index is 15.9. The van der Waals surface area contributed by atoms with E-state index >= 15 is 4.39 Å². The van der Waals surface area contributed by atoms with E-state index in [2.05, 4.69) is 30.6 Å². The first-order chi connectivity index (χ1) is 31.6. The van der Waals surface area contributed by atoms with Crippen molar-refractivity contribution in [3.05, 3.63) is 144 Å². The number of fused-ring (bicyclic) bond motifs is 1. The fourth-order valence-corrected chi connectivity index (χ4v) is 8.15. The molecule has 1 fully saturated rings. The van der Waals surface area contributed by atoms with Crippen molar-refractivity contribution < 1.29 is 37.5 Å². The van der Waals surface area contributed by atoms with Crippen LogP contribution in [0.15, 0.2) is 120 Å². The van der Waals surface area contributed by atoms with E-state index in [9.17, 15) is 19.2 Å². The zero-order valence-electron chi connectivity index (χ0n) is 36.2. The van der Waals surface area contributed by atoms with Gasteiger partial charge in [-0.3, -0.25) is 9.59 Å².